The van der Waals surface area contributed by atoms with Crippen molar-refractivity contribution in [2.75, 3.05) is 45.9 Å². The van der Waals surface area contributed by atoms with Gasteiger partial charge in [0, 0.05) is 39.1 Å². The molecule has 1 aromatic heterocycles. The van der Waals surface area contributed by atoms with Crippen LogP contribution in [0.1, 0.15) is 25.1 Å². The number of hydrogen-bond donors (Lipinski definition) is 3. The third-order valence-corrected chi connectivity index (χ3v) is 4.86. The van der Waals surface area contributed by atoms with E-state index in [-0.39, 0.29) is 24.3 Å². The van der Waals surface area contributed by atoms with E-state index in [1.165, 1.54) is 0 Å². The second-order valence-corrected chi connectivity index (χ2v) is 6.73. The standard InChI is InChI=1S/C16H26N6O4/c23-14-3-2-12(15(24)17-10-13-18-16(25)20-19-13)11-22(14)5-1-4-21-6-8-26-9-7-21/h12H,1-11H2,(H,17,24)(H2,18,19,20,25)/t12-/m1/s1. The van der Waals surface area contributed by atoms with E-state index in [9.17, 15) is 14.4 Å². The molecule has 3 N–H and O–H groups in total. The summed E-state index contributed by atoms with van der Waals surface area (Å²) < 4.78 is 5.33. The molecular weight excluding hydrogens is 340 g/mol. The number of rotatable bonds is 7. The average molecular weight is 366 g/mol. The van der Waals surface area contributed by atoms with Gasteiger partial charge in [-0.25, -0.2) is 9.89 Å². The molecule has 10 heteroatoms. The third-order valence-electron chi connectivity index (χ3n) is 4.86. The number of hydrogen-bond acceptors (Lipinski definition) is 6. The van der Waals surface area contributed by atoms with Crippen molar-refractivity contribution in [3.8, 4) is 0 Å². The van der Waals surface area contributed by atoms with Crippen LogP contribution in [0.4, 0.5) is 0 Å². The number of aromatic nitrogens is 3. The molecule has 2 aliphatic rings. The van der Waals surface area contributed by atoms with E-state index in [0.717, 1.165) is 39.3 Å². The molecule has 3 rings (SSSR count). The topological polar surface area (TPSA) is 123 Å². The maximum Gasteiger partial charge on any atom is 0.340 e. The van der Waals surface area contributed by atoms with Gasteiger partial charge < -0.3 is 15.0 Å². The SMILES string of the molecule is O=C(NCc1n[nH]c(=O)[nH]1)[C@@H]1CCC(=O)N(CCCN2CCOCC2)C1. The van der Waals surface area contributed by atoms with Gasteiger partial charge in [-0.1, -0.05) is 0 Å². The first-order chi connectivity index (χ1) is 12.6. The summed E-state index contributed by atoms with van der Waals surface area (Å²) >= 11 is 0. The number of ether oxygens (including phenoxy) is 1. The zero-order valence-corrected chi connectivity index (χ0v) is 14.8. The number of likely N-dealkylation sites (tertiary alicyclic amines) is 1. The summed E-state index contributed by atoms with van der Waals surface area (Å²) in [5.41, 5.74) is -0.399. The Hall–Kier alpha value is -2.20. The van der Waals surface area contributed by atoms with E-state index in [1.54, 1.807) is 4.90 Å². The smallest absolute Gasteiger partial charge is 0.340 e. The van der Waals surface area contributed by atoms with E-state index >= 15 is 0 Å². The Balaban J connectivity index is 1.41. The summed E-state index contributed by atoms with van der Waals surface area (Å²) in [5.74, 6) is 0.173. The molecule has 2 saturated heterocycles. The van der Waals surface area contributed by atoms with Gasteiger partial charge in [-0.05, 0) is 12.8 Å². The summed E-state index contributed by atoms with van der Waals surface area (Å²) in [6, 6.07) is 0. The molecular formula is C16H26N6O4. The number of nitrogens with one attached hydrogen (secondary N) is 3. The molecule has 0 bridgehead atoms. The highest BCUT2D eigenvalue weighted by atomic mass is 16.5. The van der Waals surface area contributed by atoms with Gasteiger partial charge in [-0.3, -0.25) is 19.5 Å². The van der Waals surface area contributed by atoms with Crippen LogP contribution >= 0.6 is 0 Å². The Bertz CT molecular complexity index is 666. The van der Waals surface area contributed by atoms with Gasteiger partial charge in [-0.15, -0.1) is 0 Å². The Labute approximate surface area is 151 Å². The Morgan fingerprint density at radius 3 is 2.81 bits per heavy atom. The van der Waals surface area contributed by atoms with Crippen LogP contribution in [0.5, 0.6) is 0 Å². The summed E-state index contributed by atoms with van der Waals surface area (Å²) in [5, 5.41) is 8.79. The first-order valence-electron chi connectivity index (χ1n) is 9.11. The lowest BCUT2D eigenvalue weighted by atomic mass is 9.96. The third kappa shape index (κ3) is 5.15. The number of carbonyl (C=O) groups excluding carboxylic acids is 2. The zero-order valence-electron chi connectivity index (χ0n) is 14.8. The number of aromatic amines is 2. The average Bonchev–Trinajstić information content (AvgIpc) is 3.07. The molecule has 0 spiro atoms. The lowest BCUT2D eigenvalue weighted by molar-refractivity contribution is -0.138. The van der Waals surface area contributed by atoms with Gasteiger partial charge in [0.2, 0.25) is 11.8 Å². The van der Waals surface area contributed by atoms with E-state index in [0.29, 0.717) is 31.8 Å². The van der Waals surface area contributed by atoms with Crippen molar-refractivity contribution >= 4 is 11.8 Å². The molecule has 0 radical (unpaired) electrons. The number of morpholine rings is 1. The van der Waals surface area contributed by atoms with Crippen LogP contribution in [-0.2, 0) is 20.9 Å². The second kappa shape index (κ2) is 8.95. The van der Waals surface area contributed by atoms with Gasteiger partial charge in [0.15, 0.2) is 0 Å². The number of amides is 2. The quantitative estimate of drug-likeness (QED) is 0.550. The van der Waals surface area contributed by atoms with E-state index in [1.807, 2.05) is 0 Å². The summed E-state index contributed by atoms with van der Waals surface area (Å²) in [7, 11) is 0. The van der Waals surface area contributed by atoms with Crippen molar-refractivity contribution in [2.45, 2.75) is 25.8 Å². The highest BCUT2D eigenvalue weighted by molar-refractivity contribution is 5.83. The molecule has 0 saturated carbocycles. The molecule has 10 nitrogen and oxygen atoms in total. The van der Waals surface area contributed by atoms with Crippen LogP contribution in [0.15, 0.2) is 4.79 Å². The largest absolute Gasteiger partial charge is 0.379 e. The van der Waals surface area contributed by atoms with E-state index in [4.69, 9.17) is 4.74 Å². The molecule has 3 heterocycles. The monoisotopic (exact) mass is 366 g/mol. The van der Waals surface area contributed by atoms with Gasteiger partial charge in [0.1, 0.15) is 5.82 Å². The van der Waals surface area contributed by atoms with Crippen LogP contribution in [0, 0.1) is 5.92 Å². The fourth-order valence-corrected chi connectivity index (χ4v) is 3.36. The molecule has 26 heavy (non-hydrogen) atoms. The number of nitrogens with zero attached hydrogens (tertiary/aromatic N) is 3. The normalized spacial score (nSPS) is 21.8. The maximum atomic E-state index is 12.4. The minimum Gasteiger partial charge on any atom is -0.379 e. The molecule has 2 fully saturated rings. The Morgan fingerprint density at radius 2 is 2.08 bits per heavy atom. The number of H-pyrrole nitrogens is 2. The van der Waals surface area contributed by atoms with Gasteiger partial charge in [0.25, 0.3) is 0 Å². The van der Waals surface area contributed by atoms with Gasteiger partial charge in [0.05, 0.1) is 25.7 Å². The summed E-state index contributed by atoms with van der Waals surface area (Å²) in [6.45, 7) is 5.65. The van der Waals surface area contributed by atoms with Crippen molar-refractivity contribution in [3.63, 3.8) is 0 Å². The molecule has 2 amide bonds. The zero-order chi connectivity index (χ0) is 18.4. The lowest BCUT2D eigenvalue weighted by Crippen LogP contribution is -2.46. The van der Waals surface area contributed by atoms with Crippen LogP contribution in [0.3, 0.4) is 0 Å². The molecule has 144 valence electrons. The van der Waals surface area contributed by atoms with E-state index < -0.39 is 5.69 Å². The van der Waals surface area contributed by atoms with Crippen LogP contribution < -0.4 is 11.0 Å². The highest BCUT2D eigenvalue weighted by Gasteiger charge is 2.30. The summed E-state index contributed by atoms with van der Waals surface area (Å²) in [4.78, 5) is 42.1. The van der Waals surface area contributed by atoms with Crippen molar-refractivity contribution in [1.29, 1.82) is 0 Å². The summed E-state index contributed by atoms with van der Waals surface area (Å²) in [6.07, 6.45) is 1.85. The van der Waals surface area contributed by atoms with Crippen LogP contribution in [0.2, 0.25) is 0 Å². The van der Waals surface area contributed by atoms with Crippen LogP contribution in [-0.4, -0.2) is 82.7 Å². The highest BCUT2D eigenvalue weighted by Crippen LogP contribution is 2.18. The van der Waals surface area contributed by atoms with E-state index in [2.05, 4.69) is 25.4 Å². The fraction of sp³-hybridized carbons (Fsp3) is 0.750. The minimum atomic E-state index is -0.399. The van der Waals surface area contributed by atoms with Crippen molar-refractivity contribution in [3.05, 3.63) is 16.3 Å². The molecule has 0 aromatic carbocycles. The maximum absolute atomic E-state index is 12.4. The van der Waals surface area contributed by atoms with Crippen molar-refractivity contribution in [2.24, 2.45) is 5.92 Å². The first kappa shape index (κ1) is 18.6. The lowest BCUT2D eigenvalue weighted by Gasteiger charge is -2.33. The Morgan fingerprint density at radius 1 is 1.27 bits per heavy atom. The van der Waals surface area contributed by atoms with Crippen LogP contribution in [0.25, 0.3) is 0 Å². The van der Waals surface area contributed by atoms with Gasteiger partial charge in [-0.2, -0.15) is 5.10 Å². The van der Waals surface area contributed by atoms with Gasteiger partial charge >= 0.3 is 5.69 Å². The molecule has 1 atom stereocenters. The number of carbonyl (C=O) groups is 2. The molecule has 2 aliphatic heterocycles. The molecule has 0 aliphatic carbocycles. The molecule has 0 unspecified atom stereocenters. The predicted octanol–water partition coefficient (Wildman–Crippen LogP) is -1.32. The number of piperidine rings is 1. The Kier molecular flexibility index (Phi) is 6.40. The molecule has 1 aromatic rings. The first-order valence-corrected chi connectivity index (χ1v) is 9.11. The van der Waals surface area contributed by atoms with Crippen molar-refractivity contribution in [1.82, 2.24) is 30.3 Å². The van der Waals surface area contributed by atoms with Crippen molar-refractivity contribution < 1.29 is 14.3 Å². The fourth-order valence-electron chi connectivity index (χ4n) is 3.36. The second-order valence-electron chi connectivity index (χ2n) is 6.73. The predicted molar refractivity (Wildman–Crippen MR) is 92.2 cm³/mol. The minimum absolute atomic E-state index is 0.112.